The van der Waals surface area contributed by atoms with E-state index in [0.717, 1.165) is 25.6 Å². The van der Waals surface area contributed by atoms with Gasteiger partial charge in [-0.25, -0.2) is 0 Å². The topological polar surface area (TPSA) is 32.5 Å². The second-order valence-electron chi connectivity index (χ2n) is 6.87. The summed E-state index contributed by atoms with van der Waals surface area (Å²) in [6, 6.07) is 11.6. The van der Waals surface area contributed by atoms with Crippen LogP contribution in [0.4, 0.5) is 0 Å². The van der Waals surface area contributed by atoms with Crippen LogP contribution in [0, 0.1) is 0 Å². The van der Waals surface area contributed by atoms with E-state index in [1.165, 1.54) is 44.3 Å². The summed E-state index contributed by atoms with van der Waals surface area (Å²) in [4.78, 5) is 5.23. The van der Waals surface area contributed by atoms with Crippen molar-refractivity contribution < 1.29 is 0 Å². The molecule has 0 saturated carbocycles. The molecule has 0 bridgehead atoms. The fraction of sp³-hybridized carbons (Fsp3) is 0.667. The van der Waals surface area contributed by atoms with Gasteiger partial charge in [0.2, 0.25) is 0 Å². The summed E-state index contributed by atoms with van der Waals surface area (Å²) >= 11 is 0. The third-order valence-electron chi connectivity index (χ3n) is 5.75. The lowest BCUT2D eigenvalue weighted by molar-refractivity contribution is 0.0274. The average Bonchev–Trinajstić information content (AvgIpc) is 3.00. The minimum absolute atomic E-state index is 0.223. The van der Waals surface area contributed by atoms with Crippen molar-refractivity contribution in [3.05, 3.63) is 35.9 Å². The number of rotatable bonds is 5. The van der Waals surface area contributed by atoms with E-state index >= 15 is 0 Å². The SMILES string of the molecule is CN(CCc1ccccc1)C1(CN)CCN2CCCC2C1. The van der Waals surface area contributed by atoms with Crippen molar-refractivity contribution >= 4 is 0 Å². The first kappa shape index (κ1) is 15.0. The van der Waals surface area contributed by atoms with Gasteiger partial charge in [0.1, 0.15) is 0 Å². The Labute approximate surface area is 129 Å². The van der Waals surface area contributed by atoms with Gasteiger partial charge in [-0.2, -0.15) is 0 Å². The fourth-order valence-corrected chi connectivity index (χ4v) is 4.18. The molecule has 2 unspecified atom stereocenters. The van der Waals surface area contributed by atoms with E-state index in [0.29, 0.717) is 0 Å². The van der Waals surface area contributed by atoms with Gasteiger partial charge >= 0.3 is 0 Å². The Morgan fingerprint density at radius 3 is 2.86 bits per heavy atom. The molecule has 2 atom stereocenters. The predicted molar refractivity (Wildman–Crippen MR) is 88.4 cm³/mol. The Morgan fingerprint density at radius 1 is 1.29 bits per heavy atom. The zero-order valence-electron chi connectivity index (χ0n) is 13.3. The maximum atomic E-state index is 6.23. The highest BCUT2D eigenvalue weighted by atomic mass is 15.3. The van der Waals surface area contributed by atoms with Gasteiger partial charge in [-0.05, 0) is 51.3 Å². The first-order valence-electron chi connectivity index (χ1n) is 8.43. The predicted octanol–water partition coefficient (Wildman–Crippen LogP) is 2.12. The van der Waals surface area contributed by atoms with Crippen molar-refractivity contribution in [3.63, 3.8) is 0 Å². The third-order valence-corrected chi connectivity index (χ3v) is 5.75. The molecule has 0 aromatic heterocycles. The number of likely N-dealkylation sites (N-methyl/N-ethyl adjacent to an activating group) is 1. The second-order valence-corrected chi connectivity index (χ2v) is 6.87. The van der Waals surface area contributed by atoms with Crippen LogP contribution in [0.25, 0.3) is 0 Å². The van der Waals surface area contributed by atoms with E-state index in [4.69, 9.17) is 5.73 Å². The molecule has 3 nitrogen and oxygen atoms in total. The van der Waals surface area contributed by atoms with Gasteiger partial charge in [-0.15, -0.1) is 0 Å². The Morgan fingerprint density at radius 2 is 2.10 bits per heavy atom. The van der Waals surface area contributed by atoms with E-state index in [-0.39, 0.29) is 5.54 Å². The summed E-state index contributed by atoms with van der Waals surface area (Å²) in [5.41, 5.74) is 7.88. The molecular weight excluding hydrogens is 258 g/mol. The second kappa shape index (κ2) is 6.47. The monoisotopic (exact) mass is 287 g/mol. The normalized spacial score (nSPS) is 29.8. The molecule has 21 heavy (non-hydrogen) atoms. The van der Waals surface area contributed by atoms with Gasteiger partial charge in [-0.1, -0.05) is 30.3 Å². The van der Waals surface area contributed by atoms with Crippen LogP contribution in [0.15, 0.2) is 30.3 Å². The molecule has 2 saturated heterocycles. The van der Waals surface area contributed by atoms with Crippen LogP contribution in [-0.2, 0) is 6.42 Å². The number of nitrogens with zero attached hydrogens (tertiary/aromatic N) is 2. The zero-order chi connectivity index (χ0) is 14.7. The number of hydrogen-bond acceptors (Lipinski definition) is 3. The molecule has 0 aliphatic carbocycles. The highest BCUT2D eigenvalue weighted by Gasteiger charge is 2.42. The molecule has 0 amide bonds. The van der Waals surface area contributed by atoms with Crippen molar-refractivity contribution in [3.8, 4) is 0 Å². The van der Waals surface area contributed by atoms with E-state index in [2.05, 4.69) is 47.2 Å². The molecular formula is C18H29N3. The molecule has 2 aliphatic heterocycles. The lowest BCUT2D eigenvalue weighted by Gasteiger charge is -2.49. The van der Waals surface area contributed by atoms with Crippen molar-refractivity contribution in [2.45, 2.75) is 43.7 Å². The minimum atomic E-state index is 0.223. The molecule has 1 aromatic carbocycles. The maximum absolute atomic E-state index is 6.23. The molecule has 2 fully saturated rings. The van der Waals surface area contributed by atoms with E-state index < -0.39 is 0 Å². The van der Waals surface area contributed by atoms with Gasteiger partial charge < -0.3 is 10.6 Å². The van der Waals surface area contributed by atoms with Crippen molar-refractivity contribution in [1.82, 2.24) is 9.80 Å². The summed E-state index contributed by atoms with van der Waals surface area (Å²) in [7, 11) is 2.28. The number of piperidine rings is 1. The Balaban J connectivity index is 1.62. The maximum Gasteiger partial charge on any atom is 0.0355 e. The first-order chi connectivity index (χ1) is 10.2. The fourth-order valence-electron chi connectivity index (χ4n) is 4.18. The van der Waals surface area contributed by atoms with Gasteiger partial charge in [0, 0.05) is 31.2 Å². The molecule has 2 aliphatic rings. The van der Waals surface area contributed by atoms with Gasteiger partial charge in [-0.3, -0.25) is 4.90 Å². The number of benzene rings is 1. The highest BCUT2D eigenvalue weighted by Crippen LogP contribution is 2.35. The van der Waals surface area contributed by atoms with Crippen LogP contribution in [0.3, 0.4) is 0 Å². The smallest absolute Gasteiger partial charge is 0.0355 e. The van der Waals surface area contributed by atoms with E-state index in [9.17, 15) is 0 Å². The molecule has 3 rings (SSSR count). The summed E-state index contributed by atoms with van der Waals surface area (Å²) in [6.07, 6.45) is 6.35. The van der Waals surface area contributed by atoms with Crippen LogP contribution in [0.5, 0.6) is 0 Å². The Bertz CT molecular complexity index is 447. The number of hydrogen-bond donors (Lipinski definition) is 1. The standard InChI is InChI=1S/C18H29N3/c1-20(12-9-16-6-3-2-4-7-16)18(15-19)10-13-21-11-5-8-17(21)14-18/h2-4,6-7,17H,5,8-15,19H2,1H3. The lowest BCUT2D eigenvalue weighted by Crippen LogP contribution is -2.60. The lowest BCUT2D eigenvalue weighted by atomic mass is 9.81. The molecule has 2 heterocycles. The molecule has 116 valence electrons. The Hall–Kier alpha value is -0.900. The average molecular weight is 287 g/mol. The van der Waals surface area contributed by atoms with Gasteiger partial charge in [0.25, 0.3) is 0 Å². The molecule has 3 heteroatoms. The van der Waals surface area contributed by atoms with Crippen LogP contribution in [-0.4, -0.2) is 54.6 Å². The summed E-state index contributed by atoms with van der Waals surface area (Å²) < 4.78 is 0. The number of nitrogens with two attached hydrogens (primary N) is 1. The largest absolute Gasteiger partial charge is 0.329 e. The highest BCUT2D eigenvalue weighted by molar-refractivity contribution is 5.15. The summed E-state index contributed by atoms with van der Waals surface area (Å²) in [5, 5.41) is 0. The van der Waals surface area contributed by atoms with Crippen LogP contribution >= 0.6 is 0 Å². The zero-order valence-corrected chi connectivity index (χ0v) is 13.3. The molecule has 0 radical (unpaired) electrons. The van der Waals surface area contributed by atoms with Crippen LogP contribution in [0.2, 0.25) is 0 Å². The van der Waals surface area contributed by atoms with E-state index in [1.54, 1.807) is 0 Å². The quantitative estimate of drug-likeness (QED) is 0.900. The van der Waals surface area contributed by atoms with Crippen LogP contribution < -0.4 is 5.73 Å². The van der Waals surface area contributed by atoms with E-state index in [1.807, 2.05) is 0 Å². The Kier molecular flexibility index (Phi) is 4.63. The van der Waals surface area contributed by atoms with Crippen molar-refractivity contribution in [2.75, 3.05) is 33.2 Å². The molecule has 1 aromatic rings. The summed E-state index contributed by atoms with van der Waals surface area (Å²) in [6.45, 7) is 4.44. The first-order valence-corrected chi connectivity index (χ1v) is 8.43. The van der Waals surface area contributed by atoms with Crippen molar-refractivity contribution in [2.24, 2.45) is 5.73 Å². The van der Waals surface area contributed by atoms with Gasteiger partial charge in [0.15, 0.2) is 0 Å². The summed E-state index contributed by atoms with van der Waals surface area (Å²) in [5.74, 6) is 0. The third kappa shape index (κ3) is 3.15. The van der Waals surface area contributed by atoms with Gasteiger partial charge in [0.05, 0.1) is 0 Å². The molecule has 0 spiro atoms. The minimum Gasteiger partial charge on any atom is -0.329 e. The molecule has 2 N–H and O–H groups in total. The van der Waals surface area contributed by atoms with Crippen LogP contribution in [0.1, 0.15) is 31.2 Å². The van der Waals surface area contributed by atoms with Crippen molar-refractivity contribution in [1.29, 1.82) is 0 Å². The number of fused-ring (bicyclic) bond motifs is 1.